The largest absolute Gasteiger partial charge is 0.348 e. The molecule has 3 aromatic rings. The molecule has 120 valence electrons. The van der Waals surface area contributed by atoms with Crippen LogP contribution in [0.5, 0.6) is 0 Å². The molecule has 1 amide bonds. The van der Waals surface area contributed by atoms with Gasteiger partial charge in [0, 0.05) is 23.7 Å². The van der Waals surface area contributed by atoms with Crippen LogP contribution >= 0.6 is 0 Å². The van der Waals surface area contributed by atoms with E-state index in [4.69, 9.17) is 0 Å². The number of para-hydroxylation sites is 1. The molecule has 4 heteroatoms. The summed E-state index contributed by atoms with van der Waals surface area (Å²) < 4.78 is 0. The second-order valence-corrected chi connectivity index (χ2v) is 5.68. The molecule has 0 aliphatic heterocycles. The van der Waals surface area contributed by atoms with E-state index in [2.05, 4.69) is 10.3 Å². The number of aryl methyl sites for hydroxylation is 1. The van der Waals surface area contributed by atoms with Crippen LogP contribution in [-0.4, -0.2) is 10.9 Å². The van der Waals surface area contributed by atoms with Gasteiger partial charge in [-0.2, -0.15) is 0 Å². The van der Waals surface area contributed by atoms with Gasteiger partial charge in [-0.25, -0.2) is 0 Å². The fourth-order valence-electron chi connectivity index (χ4n) is 2.41. The van der Waals surface area contributed by atoms with Crippen molar-refractivity contribution in [3.8, 4) is 0 Å². The molecule has 0 aliphatic rings. The molecule has 2 aromatic carbocycles. The maximum absolute atomic E-state index is 12.0. The lowest BCUT2D eigenvalue weighted by molar-refractivity contribution is -0.116. The molecule has 2 N–H and O–H groups in total. The summed E-state index contributed by atoms with van der Waals surface area (Å²) in [4.78, 5) is 26.7. The van der Waals surface area contributed by atoms with Gasteiger partial charge in [0.05, 0.1) is 0 Å². The van der Waals surface area contributed by atoms with Crippen molar-refractivity contribution in [2.75, 3.05) is 0 Å². The summed E-state index contributed by atoms with van der Waals surface area (Å²) in [6.07, 6.45) is 2.92. The van der Waals surface area contributed by atoms with E-state index in [0.29, 0.717) is 12.1 Å². The number of hydrogen-bond donors (Lipinski definition) is 2. The third-order valence-electron chi connectivity index (χ3n) is 3.78. The summed E-state index contributed by atoms with van der Waals surface area (Å²) in [6.45, 7) is 2.48. The number of carbonyl (C=O) groups excluding carboxylic acids is 1. The number of hydrogen-bond acceptors (Lipinski definition) is 2. The SMILES string of the molecule is Cc1ccc(CNC(=O)/C=C/c2cc3ccccc3[nH]c2=O)cc1. The smallest absolute Gasteiger partial charge is 0.255 e. The summed E-state index contributed by atoms with van der Waals surface area (Å²) in [6, 6.07) is 17.3. The van der Waals surface area contributed by atoms with Gasteiger partial charge in [0.2, 0.25) is 5.91 Å². The molecule has 24 heavy (non-hydrogen) atoms. The van der Waals surface area contributed by atoms with Gasteiger partial charge in [-0.05, 0) is 36.1 Å². The Kier molecular flexibility index (Phi) is 4.57. The number of pyridine rings is 1. The van der Waals surface area contributed by atoms with Crippen LogP contribution in [0.2, 0.25) is 0 Å². The van der Waals surface area contributed by atoms with Crippen molar-refractivity contribution in [3.05, 3.63) is 87.7 Å². The molecule has 0 radical (unpaired) electrons. The van der Waals surface area contributed by atoms with Crippen LogP contribution < -0.4 is 10.9 Å². The van der Waals surface area contributed by atoms with Crippen LogP contribution in [0.1, 0.15) is 16.7 Å². The molecule has 0 atom stereocenters. The Bertz CT molecular complexity index is 953. The topological polar surface area (TPSA) is 62.0 Å². The Labute approximate surface area is 139 Å². The number of aromatic nitrogens is 1. The number of rotatable bonds is 4. The van der Waals surface area contributed by atoms with E-state index in [0.717, 1.165) is 16.5 Å². The molecule has 0 saturated carbocycles. The number of aromatic amines is 1. The molecule has 0 fully saturated rings. The van der Waals surface area contributed by atoms with Gasteiger partial charge in [-0.1, -0.05) is 48.0 Å². The van der Waals surface area contributed by atoms with Crippen LogP contribution in [-0.2, 0) is 11.3 Å². The monoisotopic (exact) mass is 318 g/mol. The molecule has 0 saturated heterocycles. The Balaban J connectivity index is 1.68. The summed E-state index contributed by atoms with van der Waals surface area (Å²) in [5.74, 6) is -0.233. The number of H-pyrrole nitrogens is 1. The minimum absolute atomic E-state index is 0.212. The van der Waals surface area contributed by atoms with Gasteiger partial charge >= 0.3 is 0 Å². The number of amides is 1. The lowest BCUT2D eigenvalue weighted by Crippen LogP contribution is -2.20. The molecule has 0 spiro atoms. The van der Waals surface area contributed by atoms with Crippen LogP contribution in [0, 0.1) is 6.92 Å². The van der Waals surface area contributed by atoms with Gasteiger partial charge in [-0.15, -0.1) is 0 Å². The molecule has 1 heterocycles. The van der Waals surface area contributed by atoms with Crippen LogP contribution in [0.3, 0.4) is 0 Å². The third-order valence-corrected chi connectivity index (χ3v) is 3.78. The zero-order valence-electron chi connectivity index (χ0n) is 13.4. The lowest BCUT2D eigenvalue weighted by Gasteiger charge is -2.03. The third kappa shape index (κ3) is 3.79. The standard InChI is InChI=1S/C20H18N2O2/c1-14-6-8-15(9-7-14)13-21-19(23)11-10-17-12-16-4-2-3-5-18(16)22-20(17)24/h2-12H,13H2,1H3,(H,21,23)(H,22,24)/b11-10+. The van der Waals surface area contributed by atoms with Gasteiger partial charge < -0.3 is 10.3 Å². The second-order valence-electron chi connectivity index (χ2n) is 5.68. The zero-order valence-corrected chi connectivity index (χ0v) is 13.4. The van der Waals surface area contributed by atoms with Crippen molar-refractivity contribution in [1.82, 2.24) is 10.3 Å². The van der Waals surface area contributed by atoms with E-state index in [1.54, 1.807) is 6.07 Å². The van der Waals surface area contributed by atoms with Crippen molar-refractivity contribution in [1.29, 1.82) is 0 Å². The average molecular weight is 318 g/mol. The first-order valence-corrected chi connectivity index (χ1v) is 7.75. The van der Waals surface area contributed by atoms with Crippen LogP contribution in [0.15, 0.2) is 65.5 Å². The van der Waals surface area contributed by atoms with E-state index < -0.39 is 0 Å². The second kappa shape index (κ2) is 6.96. The first-order chi connectivity index (χ1) is 11.6. The maximum atomic E-state index is 12.0. The molecule has 3 rings (SSSR count). The molecule has 0 aliphatic carbocycles. The zero-order chi connectivity index (χ0) is 16.9. The summed E-state index contributed by atoms with van der Waals surface area (Å²) in [5, 5.41) is 3.73. The van der Waals surface area contributed by atoms with Gasteiger partial charge in [-0.3, -0.25) is 9.59 Å². The average Bonchev–Trinajstić information content (AvgIpc) is 2.59. The minimum Gasteiger partial charge on any atom is -0.348 e. The Morgan fingerprint density at radius 1 is 1.12 bits per heavy atom. The van der Waals surface area contributed by atoms with Crippen molar-refractivity contribution in [2.24, 2.45) is 0 Å². The summed E-state index contributed by atoms with van der Waals surface area (Å²) in [5.41, 5.74) is 3.24. The van der Waals surface area contributed by atoms with E-state index in [1.807, 2.05) is 55.5 Å². The Hall–Kier alpha value is -3.14. The number of benzene rings is 2. The lowest BCUT2D eigenvalue weighted by atomic mass is 10.1. The van der Waals surface area contributed by atoms with E-state index >= 15 is 0 Å². The predicted molar refractivity (Wildman–Crippen MR) is 96.6 cm³/mol. The highest BCUT2D eigenvalue weighted by atomic mass is 16.1. The highest BCUT2D eigenvalue weighted by Gasteiger charge is 2.01. The first-order valence-electron chi connectivity index (χ1n) is 7.75. The molecule has 1 aromatic heterocycles. The van der Waals surface area contributed by atoms with E-state index in [9.17, 15) is 9.59 Å². The normalized spacial score (nSPS) is 11.0. The van der Waals surface area contributed by atoms with Crippen LogP contribution in [0.4, 0.5) is 0 Å². The van der Waals surface area contributed by atoms with Crippen LogP contribution in [0.25, 0.3) is 17.0 Å². The van der Waals surface area contributed by atoms with E-state index in [1.165, 1.54) is 17.7 Å². The van der Waals surface area contributed by atoms with Crippen molar-refractivity contribution >= 4 is 22.9 Å². The first kappa shape index (κ1) is 15.7. The Morgan fingerprint density at radius 2 is 1.88 bits per heavy atom. The van der Waals surface area contributed by atoms with Crippen molar-refractivity contribution in [2.45, 2.75) is 13.5 Å². The maximum Gasteiger partial charge on any atom is 0.255 e. The van der Waals surface area contributed by atoms with Gasteiger partial charge in [0.15, 0.2) is 0 Å². The summed E-state index contributed by atoms with van der Waals surface area (Å²) >= 11 is 0. The van der Waals surface area contributed by atoms with Crippen molar-refractivity contribution < 1.29 is 4.79 Å². The van der Waals surface area contributed by atoms with E-state index in [-0.39, 0.29) is 11.5 Å². The fourth-order valence-corrected chi connectivity index (χ4v) is 2.41. The highest BCUT2D eigenvalue weighted by Crippen LogP contribution is 2.10. The fraction of sp³-hybridized carbons (Fsp3) is 0.100. The predicted octanol–water partition coefficient (Wildman–Crippen LogP) is 3.17. The number of carbonyl (C=O) groups is 1. The molecule has 4 nitrogen and oxygen atoms in total. The Morgan fingerprint density at radius 3 is 2.67 bits per heavy atom. The molecular formula is C20H18N2O2. The molecule has 0 bridgehead atoms. The molecule has 0 unspecified atom stereocenters. The number of nitrogens with one attached hydrogen (secondary N) is 2. The quantitative estimate of drug-likeness (QED) is 0.726. The highest BCUT2D eigenvalue weighted by molar-refractivity contribution is 5.92. The van der Waals surface area contributed by atoms with Crippen molar-refractivity contribution in [3.63, 3.8) is 0 Å². The number of fused-ring (bicyclic) bond motifs is 1. The molecular weight excluding hydrogens is 300 g/mol. The van der Waals surface area contributed by atoms with Gasteiger partial charge in [0.1, 0.15) is 0 Å². The minimum atomic E-state index is -0.233. The van der Waals surface area contributed by atoms with Gasteiger partial charge in [0.25, 0.3) is 5.56 Å². The summed E-state index contributed by atoms with van der Waals surface area (Å²) in [7, 11) is 0.